The molecule has 0 radical (unpaired) electrons. The largest absolute Gasteiger partial charge is 0.496 e. The molecule has 0 saturated carbocycles. The van der Waals surface area contributed by atoms with Gasteiger partial charge in [-0.3, -0.25) is 0 Å². The normalized spacial score (nSPS) is 14.5. The van der Waals surface area contributed by atoms with Gasteiger partial charge in [-0.15, -0.1) is 0 Å². The van der Waals surface area contributed by atoms with E-state index < -0.39 is 0 Å². The number of ether oxygens (including phenoxy) is 6. The van der Waals surface area contributed by atoms with Gasteiger partial charge in [-0.25, -0.2) is 0 Å². The fourth-order valence-corrected chi connectivity index (χ4v) is 4.98. The third kappa shape index (κ3) is 4.70. The van der Waals surface area contributed by atoms with Crippen LogP contribution in [-0.2, 0) is 19.3 Å². The van der Waals surface area contributed by atoms with Gasteiger partial charge in [0.15, 0.2) is 0 Å². The summed E-state index contributed by atoms with van der Waals surface area (Å²) in [6, 6.07) is 14.2. The van der Waals surface area contributed by atoms with Crippen molar-refractivity contribution in [3.05, 3.63) is 70.3 Å². The summed E-state index contributed by atoms with van der Waals surface area (Å²) in [5.74, 6) is 4.62. The lowest BCUT2D eigenvalue weighted by Crippen LogP contribution is -2.18. The Morgan fingerprint density at radius 1 is 0.743 bits per heavy atom. The van der Waals surface area contributed by atoms with Gasteiger partial charge in [-0.1, -0.05) is 30.3 Å². The molecule has 1 atom stereocenters. The number of hydrogen-bond acceptors (Lipinski definition) is 6. The van der Waals surface area contributed by atoms with Gasteiger partial charge in [0.1, 0.15) is 40.6 Å². The van der Waals surface area contributed by atoms with Crippen LogP contribution in [0, 0.1) is 6.92 Å². The van der Waals surface area contributed by atoms with Gasteiger partial charge in [-0.2, -0.15) is 0 Å². The van der Waals surface area contributed by atoms with Crippen molar-refractivity contribution >= 4 is 0 Å². The summed E-state index contributed by atoms with van der Waals surface area (Å²) in [5.41, 5.74) is 5.19. The Morgan fingerprint density at radius 2 is 1.34 bits per heavy atom. The van der Waals surface area contributed by atoms with Crippen molar-refractivity contribution in [3.8, 4) is 34.5 Å². The number of benzene rings is 3. The maximum absolute atomic E-state index is 6.65. The Morgan fingerprint density at radius 3 is 1.97 bits per heavy atom. The molecule has 4 rings (SSSR count). The smallest absolute Gasteiger partial charge is 0.134 e. The van der Waals surface area contributed by atoms with Gasteiger partial charge in [-0.05, 0) is 38.2 Å². The van der Waals surface area contributed by atoms with Crippen molar-refractivity contribution in [1.29, 1.82) is 0 Å². The molecule has 1 aliphatic heterocycles. The molecule has 35 heavy (non-hydrogen) atoms. The summed E-state index contributed by atoms with van der Waals surface area (Å²) < 4.78 is 35.2. The molecule has 0 amide bonds. The van der Waals surface area contributed by atoms with Crippen LogP contribution < -0.4 is 28.4 Å². The number of fused-ring (bicyclic) bond motifs is 1. The van der Waals surface area contributed by atoms with E-state index in [4.69, 9.17) is 28.4 Å². The minimum absolute atomic E-state index is 0.0217. The van der Waals surface area contributed by atoms with E-state index in [1.54, 1.807) is 35.5 Å². The summed E-state index contributed by atoms with van der Waals surface area (Å²) in [5, 5.41) is 0. The highest BCUT2D eigenvalue weighted by Crippen LogP contribution is 2.47. The van der Waals surface area contributed by atoms with E-state index >= 15 is 0 Å². The van der Waals surface area contributed by atoms with Crippen LogP contribution in [0.2, 0.25) is 0 Å². The van der Waals surface area contributed by atoms with Crippen LogP contribution in [0.4, 0.5) is 0 Å². The van der Waals surface area contributed by atoms with E-state index in [2.05, 4.69) is 12.1 Å². The molecule has 0 spiro atoms. The average Bonchev–Trinajstić information content (AvgIpc) is 2.91. The second-order valence-electron chi connectivity index (χ2n) is 8.54. The van der Waals surface area contributed by atoms with E-state index in [1.807, 2.05) is 37.3 Å². The molecule has 6 heteroatoms. The van der Waals surface area contributed by atoms with Crippen molar-refractivity contribution in [2.45, 2.75) is 38.7 Å². The van der Waals surface area contributed by atoms with E-state index in [9.17, 15) is 0 Å². The highest BCUT2D eigenvalue weighted by atomic mass is 16.5. The predicted molar refractivity (Wildman–Crippen MR) is 136 cm³/mol. The monoisotopic (exact) mass is 478 g/mol. The number of methoxy groups -OCH3 is 5. The lowest BCUT2D eigenvalue weighted by molar-refractivity contribution is 0.171. The number of hydrogen-bond donors (Lipinski definition) is 0. The van der Waals surface area contributed by atoms with Gasteiger partial charge in [0.05, 0.1) is 35.5 Å². The van der Waals surface area contributed by atoms with Crippen LogP contribution in [0.25, 0.3) is 0 Å². The van der Waals surface area contributed by atoms with E-state index in [-0.39, 0.29) is 6.10 Å². The quantitative estimate of drug-likeness (QED) is 0.382. The van der Waals surface area contributed by atoms with Crippen molar-refractivity contribution in [3.63, 3.8) is 0 Å². The molecular formula is C29H34O6. The molecule has 1 heterocycles. The zero-order valence-electron chi connectivity index (χ0n) is 21.4. The third-order valence-corrected chi connectivity index (χ3v) is 6.75. The predicted octanol–water partition coefficient (Wildman–Crippen LogP) is 5.89. The zero-order valence-corrected chi connectivity index (χ0v) is 21.4. The molecule has 186 valence electrons. The minimum atomic E-state index is -0.0217. The van der Waals surface area contributed by atoms with E-state index in [0.717, 1.165) is 69.6 Å². The molecule has 0 aromatic heterocycles. The summed E-state index contributed by atoms with van der Waals surface area (Å²) in [7, 11) is 8.36. The topological polar surface area (TPSA) is 55.4 Å². The molecule has 6 nitrogen and oxygen atoms in total. The molecule has 0 saturated heterocycles. The Bertz CT molecular complexity index is 1170. The second-order valence-corrected chi connectivity index (χ2v) is 8.54. The van der Waals surface area contributed by atoms with Crippen LogP contribution in [-0.4, -0.2) is 35.5 Å². The maximum atomic E-state index is 6.65. The van der Waals surface area contributed by atoms with E-state index in [0.29, 0.717) is 12.8 Å². The first-order chi connectivity index (χ1) is 17.1. The first-order valence-electron chi connectivity index (χ1n) is 11.8. The van der Waals surface area contributed by atoms with Gasteiger partial charge >= 0.3 is 0 Å². The van der Waals surface area contributed by atoms with Crippen LogP contribution in [0.1, 0.15) is 40.3 Å². The lowest BCUT2D eigenvalue weighted by atomic mass is 9.92. The van der Waals surface area contributed by atoms with Crippen LogP contribution in [0.15, 0.2) is 42.5 Å². The van der Waals surface area contributed by atoms with Gasteiger partial charge in [0.25, 0.3) is 0 Å². The van der Waals surface area contributed by atoms with Crippen molar-refractivity contribution in [2.75, 3.05) is 35.5 Å². The highest BCUT2D eigenvalue weighted by molar-refractivity contribution is 5.60. The van der Waals surface area contributed by atoms with E-state index in [1.165, 1.54) is 5.56 Å². The van der Waals surface area contributed by atoms with Crippen molar-refractivity contribution in [1.82, 2.24) is 0 Å². The first kappa shape index (κ1) is 24.6. The SMILES string of the molecule is COc1cc(OC)c(CCc2c(OC)cc(OC)c3c2OC(c2ccccc2)CC3)c(OC)c1C. The van der Waals surface area contributed by atoms with Crippen molar-refractivity contribution < 1.29 is 28.4 Å². The Kier molecular flexibility index (Phi) is 7.59. The second kappa shape index (κ2) is 10.8. The van der Waals surface area contributed by atoms with Crippen LogP contribution in [0.5, 0.6) is 34.5 Å². The van der Waals surface area contributed by atoms with Gasteiger partial charge in [0.2, 0.25) is 0 Å². The van der Waals surface area contributed by atoms with Gasteiger partial charge < -0.3 is 28.4 Å². The number of rotatable bonds is 9. The molecular weight excluding hydrogens is 444 g/mol. The summed E-state index contributed by atoms with van der Waals surface area (Å²) >= 11 is 0. The fraction of sp³-hybridized carbons (Fsp3) is 0.379. The minimum Gasteiger partial charge on any atom is -0.496 e. The van der Waals surface area contributed by atoms with Crippen LogP contribution >= 0.6 is 0 Å². The first-order valence-corrected chi connectivity index (χ1v) is 11.8. The molecule has 1 unspecified atom stereocenters. The Balaban J connectivity index is 1.75. The summed E-state index contributed by atoms with van der Waals surface area (Å²) in [6.07, 6.45) is 3.08. The lowest BCUT2D eigenvalue weighted by Gasteiger charge is -2.30. The highest BCUT2D eigenvalue weighted by Gasteiger charge is 2.29. The molecule has 0 fully saturated rings. The summed E-state index contributed by atoms with van der Waals surface area (Å²) in [4.78, 5) is 0. The molecule has 0 bridgehead atoms. The van der Waals surface area contributed by atoms with Crippen molar-refractivity contribution in [2.24, 2.45) is 0 Å². The molecule has 3 aromatic carbocycles. The molecule has 1 aliphatic rings. The Hall–Kier alpha value is -3.54. The standard InChI is InChI=1S/C29H34O6/c1-18-24(30-2)16-25(31-3)20(28(18)34-6)12-13-21-26(32-4)17-27(33-5)22-14-15-23(35-29(21)22)19-10-8-7-9-11-19/h7-11,16-17,23H,12-15H2,1-6H3. The van der Waals surface area contributed by atoms with Crippen LogP contribution in [0.3, 0.4) is 0 Å². The van der Waals surface area contributed by atoms with Gasteiger partial charge in [0, 0.05) is 34.4 Å². The molecule has 0 N–H and O–H groups in total. The maximum Gasteiger partial charge on any atom is 0.134 e. The molecule has 0 aliphatic carbocycles. The zero-order chi connectivity index (χ0) is 24.9. The average molecular weight is 479 g/mol. The third-order valence-electron chi connectivity index (χ3n) is 6.75. The fourth-order valence-electron chi connectivity index (χ4n) is 4.98. The summed E-state index contributed by atoms with van der Waals surface area (Å²) in [6.45, 7) is 1.99. The molecule has 3 aromatic rings. The Labute approximate surface area is 207 Å².